The molecule has 0 amide bonds. The number of rotatable bonds is 2. The molecule has 2 rings (SSSR count). The molecule has 0 aromatic heterocycles. The molecule has 0 bridgehead atoms. The molecule has 0 spiro atoms. The van der Waals surface area contributed by atoms with E-state index in [-0.39, 0.29) is 12.4 Å². The van der Waals surface area contributed by atoms with Crippen molar-refractivity contribution in [1.29, 1.82) is 0 Å². The zero-order valence-corrected chi connectivity index (χ0v) is 10.4. The first-order valence-electron chi connectivity index (χ1n) is 4.90. The van der Waals surface area contributed by atoms with Crippen molar-refractivity contribution in [3.05, 3.63) is 33.8 Å². The van der Waals surface area contributed by atoms with Crippen LogP contribution in [0.5, 0.6) is 5.75 Å². The minimum atomic E-state index is -0.247. The average molecular weight is 283 g/mol. The fourth-order valence-electron chi connectivity index (χ4n) is 1.62. The summed E-state index contributed by atoms with van der Waals surface area (Å²) in [6, 6.07) is 3.79. The number of carbonyl (C=O) groups excluding carboxylic acids is 1. The van der Waals surface area contributed by atoms with Crippen LogP contribution in [0.15, 0.2) is 22.7 Å². The van der Waals surface area contributed by atoms with Crippen molar-refractivity contribution in [2.45, 2.75) is 6.42 Å². The topological polar surface area (TPSA) is 35.5 Å². The van der Waals surface area contributed by atoms with Gasteiger partial charge in [-0.25, -0.2) is 0 Å². The third kappa shape index (κ3) is 2.11. The van der Waals surface area contributed by atoms with Crippen LogP contribution in [-0.4, -0.2) is 19.7 Å². The van der Waals surface area contributed by atoms with E-state index in [1.165, 1.54) is 7.11 Å². The molecule has 0 radical (unpaired) electrons. The van der Waals surface area contributed by atoms with Gasteiger partial charge in [0, 0.05) is 5.56 Å². The van der Waals surface area contributed by atoms with Gasteiger partial charge in [-0.15, -0.1) is 0 Å². The van der Waals surface area contributed by atoms with Gasteiger partial charge >= 0.3 is 5.97 Å². The van der Waals surface area contributed by atoms with Gasteiger partial charge in [-0.1, -0.05) is 12.1 Å². The Morgan fingerprint density at radius 3 is 3.12 bits per heavy atom. The Bertz CT molecular complexity index is 452. The van der Waals surface area contributed by atoms with Gasteiger partial charge in [-0.05, 0) is 33.6 Å². The van der Waals surface area contributed by atoms with E-state index >= 15 is 0 Å². The van der Waals surface area contributed by atoms with Crippen LogP contribution in [0.4, 0.5) is 0 Å². The molecule has 4 heteroatoms. The summed E-state index contributed by atoms with van der Waals surface area (Å²) >= 11 is 3.42. The van der Waals surface area contributed by atoms with E-state index in [1.807, 2.05) is 24.3 Å². The standard InChI is InChI=1S/C12H11BrO3/c1-15-11(14)7-8-4-5-10(13)12-9(8)3-2-6-16-12/h2-5H,6-7H2,1H3. The lowest BCUT2D eigenvalue weighted by Gasteiger charge is -2.17. The maximum atomic E-state index is 11.3. The van der Waals surface area contributed by atoms with Gasteiger partial charge in [0.2, 0.25) is 0 Å². The fourth-order valence-corrected chi connectivity index (χ4v) is 2.08. The number of hydrogen-bond acceptors (Lipinski definition) is 3. The van der Waals surface area contributed by atoms with Gasteiger partial charge in [-0.3, -0.25) is 4.79 Å². The highest BCUT2D eigenvalue weighted by molar-refractivity contribution is 9.10. The van der Waals surface area contributed by atoms with E-state index in [1.54, 1.807) is 0 Å². The third-order valence-electron chi connectivity index (χ3n) is 2.41. The second-order valence-electron chi connectivity index (χ2n) is 3.42. The number of benzene rings is 1. The van der Waals surface area contributed by atoms with Gasteiger partial charge in [-0.2, -0.15) is 0 Å². The Balaban J connectivity index is 2.40. The Hall–Kier alpha value is -1.29. The number of hydrogen-bond donors (Lipinski definition) is 0. The lowest BCUT2D eigenvalue weighted by molar-refractivity contribution is -0.139. The van der Waals surface area contributed by atoms with Gasteiger partial charge in [0.25, 0.3) is 0 Å². The molecule has 0 N–H and O–H groups in total. The van der Waals surface area contributed by atoms with Crippen molar-refractivity contribution in [1.82, 2.24) is 0 Å². The lowest BCUT2D eigenvalue weighted by Crippen LogP contribution is -2.09. The second kappa shape index (κ2) is 4.70. The van der Waals surface area contributed by atoms with Crippen molar-refractivity contribution in [3.8, 4) is 5.75 Å². The predicted molar refractivity (Wildman–Crippen MR) is 64.4 cm³/mol. The van der Waals surface area contributed by atoms with E-state index in [0.29, 0.717) is 6.61 Å². The summed E-state index contributed by atoms with van der Waals surface area (Å²) in [6.45, 7) is 0.563. The number of methoxy groups -OCH3 is 1. The van der Waals surface area contributed by atoms with Crippen LogP contribution in [0.25, 0.3) is 6.08 Å². The highest BCUT2D eigenvalue weighted by Gasteiger charge is 2.16. The number of halogens is 1. The second-order valence-corrected chi connectivity index (χ2v) is 4.27. The molecular weight excluding hydrogens is 272 g/mol. The molecule has 1 aliphatic heterocycles. The molecule has 1 heterocycles. The lowest BCUT2D eigenvalue weighted by atomic mass is 10.0. The summed E-state index contributed by atoms with van der Waals surface area (Å²) < 4.78 is 11.1. The molecule has 0 saturated carbocycles. The highest BCUT2D eigenvalue weighted by Crippen LogP contribution is 2.35. The molecule has 3 nitrogen and oxygen atoms in total. The zero-order chi connectivity index (χ0) is 11.5. The third-order valence-corrected chi connectivity index (χ3v) is 3.03. The molecular formula is C12H11BrO3. The largest absolute Gasteiger partial charge is 0.488 e. The molecule has 0 aliphatic carbocycles. The summed E-state index contributed by atoms with van der Waals surface area (Å²) in [5.41, 5.74) is 1.87. The van der Waals surface area contributed by atoms with Crippen molar-refractivity contribution in [2.75, 3.05) is 13.7 Å². The van der Waals surface area contributed by atoms with Gasteiger partial charge in [0.05, 0.1) is 18.0 Å². The van der Waals surface area contributed by atoms with Crippen LogP contribution in [-0.2, 0) is 16.0 Å². The summed E-state index contributed by atoms with van der Waals surface area (Å²) in [5, 5.41) is 0. The average Bonchev–Trinajstić information content (AvgIpc) is 2.33. The molecule has 16 heavy (non-hydrogen) atoms. The molecule has 1 aromatic rings. The number of esters is 1. The molecule has 1 aliphatic rings. The first kappa shape index (κ1) is 11.2. The van der Waals surface area contributed by atoms with E-state index < -0.39 is 0 Å². The predicted octanol–water partition coefficient (Wildman–Crippen LogP) is 2.57. The normalized spacial score (nSPS) is 12.9. The first-order chi connectivity index (χ1) is 7.72. The molecule has 0 fully saturated rings. The Kier molecular flexibility index (Phi) is 3.29. The van der Waals surface area contributed by atoms with Crippen LogP contribution in [0.1, 0.15) is 11.1 Å². The van der Waals surface area contributed by atoms with Gasteiger partial charge in [0.1, 0.15) is 12.4 Å². The molecule has 0 saturated heterocycles. The summed E-state index contributed by atoms with van der Waals surface area (Å²) in [6.07, 6.45) is 4.16. The van der Waals surface area contributed by atoms with E-state index in [0.717, 1.165) is 21.3 Å². The fraction of sp³-hybridized carbons (Fsp3) is 0.250. The summed E-state index contributed by atoms with van der Waals surface area (Å²) in [4.78, 5) is 11.3. The van der Waals surface area contributed by atoms with Gasteiger partial charge in [0.15, 0.2) is 0 Å². The van der Waals surface area contributed by atoms with Gasteiger partial charge < -0.3 is 9.47 Å². The SMILES string of the molecule is COC(=O)Cc1ccc(Br)c2c1C=CCO2. The van der Waals surface area contributed by atoms with Crippen LogP contribution in [0.2, 0.25) is 0 Å². The number of ether oxygens (including phenoxy) is 2. The van der Waals surface area contributed by atoms with Crippen molar-refractivity contribution in [2.24, 2.45) is 0 Å². The maximum absolute atomic E-state index is 11.3. The van der Waals surface area contributed by atoms with E-state index in [4.69, 9.17) is 4.74 Å². The zero-order valence-electron chi connectivity index (χ0n) is 8.83. The van der Waals surface area contributed by atoms with Crippen LogP contribution in [0.3, 0.4) is 0 Å². The van der Waals surface area contributed by atoms with E-state index in [9.17, 15) is 4.79 Å². The first-order valence-corrected chi connectivity index (χ1v) is 5.69. The van der Waals surface area contributed by atoms with Crippen LogP contribution >= 0.6 is 15.9 Å². The number of carbonyl (C=O) groups is 1. The molecule has 0 atom stereocenters. The minimum Gasteiger partial charge on any atom is -0.488 e. The Morgan fingerprint density at radius 2 is 2.38 bits per heavy atom. The minimum absolute atomic E-state index is 0.247. The monoisotopic (exact) mass is 282 g/mol. The number of fused-ring (bicyclic) bond motifs is 1. The smallest absolute Gasteiger partial charge is 0.310 e. The van der Waals surface area contributed by atoms with Crippen LogP contribution in [0, 0.1) is 0 Å². The Morgan fingerprint density at radius 1 is 1.56 bits per heavy atom. The molecule has 0 unspecified atom stereocenters. The molecule has 84 valence electrons. The molecule has 1 aromatic carbocycles. The summed E-state index contributed by atoms with van der Waals surface area (Å²) in [5.74, 6) is 0.549. The van der Waals surface area contributed by atoms with Crippen molar-refractivity contribution < 1.29 is 14.3 Å². The van der Waals surface area contributed by atoms with Crippen molar-refractivity contribution >= 4 is 28.0 Å². The summed E-state index contributed by atoms with van der Waals surface area (Å²) in [7, 11) is 1.39. The van der Waals surface area contributed by atoms with Crippen molar-refractivity contribution in [3.63, 3.8) is 0 Å². The van der Waals surface area contributed by atoms with E-state index in [2.05, 4.69) is 20.7 Å². The quantitative estimate of drug-likeness (QED) is 0.782. The maximum Gasteiger partial charge on any atom is 0.310 e. The Labute approximate surface area is 102 Å². The highest BCUT2D eigenvalue weighted by atomic mass is 79.9. The van der Waals surface area contributed by atoms with Crippen LogP contribution < -0.4 is 4.74 Å².